The number of hydrogen-bond donors (Lipinski definition) is 1. The van der Waals surface area contributed by atoms with Crippen LogP contribution in [0.4, 0.5) is 0 Å². The molecule has 1 N–H and O–H groups in total. The van der Waals surface area contributed by atoms with Crippen LogP contribution in [0.5, 0.6) is 0 Å². The van der Waals surface area contributed by atoms with E-state index in [1.165, 1.54) is 38.9 Å². The van der Waals surface area contributed by atoms with Crippen LogP contribution in [-0.4, -0.2) is 36.6 Å². The molecule has 0 aromatic rings. The van der Waals surface area contributed by atoms with Crippen molar-refractivity contribution in [1.29, 1.82) is 0 Å². The fourth-order valence-electron chi connectivity index (χ4n) is 2.39. The Bertz CT molecular complexity index is 164. The van der Waals surface area contributed by atoms with Crippen molar-refractivity contribution < 1.29 is 0 Å². The molecule has 0 fully saturated rings. The topological polar surface area (TPSA) is 15.3 Å². The summed E-state index contributed by atoms with van der Waals surface area (Å²) in [4.78, 5) is 2.51. The molecular formula is C15H34N2. The van der Waals surface area contributed by atoms with Crippen molar-refractivity contribution in [3.63, 3.8) is 0 Å². The lowest BCUT2D eigenvalue weighted by Crippen LogP contribution is -2.39. The van der Waals surface area contributed by atoms with Gasteiger partial charge in [0, 0.05) is 12.1 Å². The molecule has 0 aliphatic heterocycles. The number of rotatable bonds is 10. The fraction of sp³-hybridized carbons (Fsp3) is 1.00. The highest BCUT2D eigenvalue weighted by Gasteiger charge is 2.13. The van der Waals surface area contributed by atoms with Gasteiger partial charge in [-0.25, -0.2) is 0 Å². The summed E-state index contributed by atoms with van der Waals surface area (Å²) in [6.45, 7) is 17.3. The lowest BCUT2D eigenvalue weighted by Gasteiger charge is -2.26. The first-order valence-corrected chi connectivity index (χ1v) is 7.53. The Hall–Kier alpha value is -0.0800. The average Bonchev–Trinajstić information content (AvgIpc) is 2.31. The first-order chi connectivity index (χ1) is 8.04. The minimum absolute atomic E-state index is 0.651. The molecule has 0 amide bonds. The Kier molecular flexibility index (Phi) is 9.85. The van der Waals surface area contributed by atoms with Crippen LogP contribution in [0.25, 0.3) is 0 Å². The Morgan fingerprint density at radius 1 is 1.00 bits per heavy atom. The van der Waals surface area contributed by atoms with E-state index in [0.29, 0.717) is 12.1 Å². The molecule has 0 aliphatic rings. The summed E-state index contributed by atoms with van der Waals surface area (Å²) < 4.78 is 0. The molecule has 0 aromatic carbocycles. The van der Waals surface area contributed by atoms with Crippen LogP contribution in [0.1, 0.15) is 60.8 Å². The Labute approximate surface area is 109 Å². The molecular weight excluding hydrogens is 208 g/mol. The van der Waals surface area contributed by atoms with E-state index in [1.807, 2.05) is 0 Å². The van der Waals surface area contributed by atoms with Crippen molar-refractivity contribution in [2.45, 2.75) is 72.9 Å². The fourth-order valence-corrected chi connectivity index (χ4v) is 2.39. The number of nitrogens with zero attached hydrogens (tertiary/aromatic N) is 1. The Morgan fingerprint density at radius 2 is 1.59 bits per heavy atom. The van der Waals surface area contributed by atoms with E-state index >= 15 is 0 Å². The lowest BCUT2D eigenvalue weighted by molar-refractivity contribution is 0.281. The first-order valence-electron chi connectivity index (χ1n) is 7.53. The maximum Gasteiger partial charge on any atom is 0.00899 e. The van der Waals surface area contributed by atoms with E-state index in [2.05, 4.69) is 51.8 Å². The molecule has 2 heteroatoms. The summed E-state index contributed by atoms with van der Waals surface area (Å²) >= 11 is 0. The van der Waals surface area contributed by atoms with Gasteiger partial charge in [0.1, 0.15) is 0 Å². The average molecular weight is 242 g/mol. The summed E-state index contributed by atoms with van der Waals surface area (Å²) in [5.41, 5.74) is 0. The summed E-state index contributed by atoms with van der Waals surface area (Å²) in [7, 11) is 0. The molecule has 104 valence electrons. The van der Waals surface area contributed by atoms with E-state index in [9.17, 15) is 0 Å². The molecule has 0 aliphatic carbocycles. The third-order valence-corrected chi connectivity index (χ3v) is 3.75. The summed E-state index contributed by atoms with van der Waals surface area (Å²) in [6.07, 6.45) is 3.84. The van der Waals surface area contributed by atoms with Gasteiger partial charge in [0.25, 0.3) is 0 Å². The zero-order valence-electron chi connectivity index (χ0n) is 12.9. The van der Waals surface area contributed by atoms with Gasteiger partial charge in [-0.1, -0.05) is 34.6 Å². The second-order valence-electron chi connectivity index (χ2n) is 5.50. The van der Waals surface area contributed by atoms with Crippen LogP contribution in [0.2, 0.25) is 0 Å². The summed E-state index contributed by atoms with van der Waals surface area (Å²) in [6, 6.07) is 1.33. The highest BCUT2D eigenvalue weighted by Crippen LogP contribution is 2.08. The minimum Gasteiger partial charge on any atom is -0.311 e. The zero-order chi connectivity index (χ0) is 13.3. The van der Waals surface area contributed by atoms with Gasteiger partial charge in [0.15, 0.2) is 0 Å². The molecule has 0 bridgehead atoms. The molecule has 0 saturated carbocycles. The maximum atomic E-state index is 3.76. The first kappa shape index (κ1) is 16.9. The highest BCUT2D eigenvalue weighted by molar-refractivity contribution is 4.73. The Morgan fingerprint density at radius 3 is 2.00 bits per heavy atom. The summed E-state index contributed by atoms with van der Waals surface area (Å²) in [5, 5.41) is 3.76. The zero-order valence-corrected chi connectivity index (χ0v) is 12.9. The van der Waals surface area contributed by atoms with E-state index in [0.717, 1.165) is 5.92 Å². The highest BCUT2D eigenvalue weighted by atomic mass is 15.1. The monoisotopic (exact) mass is 242 g/mol. The summed E-state index contributed by atoms with van der Waals surface area (Å²) in [5.74, 6) is 0.741. The molecule has 0 heterocycles. The van der Waals surface area contributed by atoms with E-state index < -0.39 is 0 Å². The van der Waals surface area contributed by atoms with Crippen molar-refractivity contribution in [3.05, 3.63) is 0 Å². The van der Waals surface area contributed by atoms with Crippen LogP contribution < -0.4 is 5.32 Å². The van der Waals surface area contributed by atoms with Gasteiger partial charge < -0.3 is 10.2 Å². The third-order valence-electron chi connectivity index (χ3n) is 3.75. The van der Waals surface area contributed by atoms with Gasteiger partial charge in [0.2, 0.25) is 0 Å². The van der Waals surface area contributed by atoms with Crippen molar-refractivity contribution in [2.24, 2.45) is 5.92 Å². The van der Waals surface area contributed by atoms with Crippen LogP contribution in [0.3, 0.4) is 0 Å². The molecule has 0 radical (unpaired) electrons. The van der Waals surface area contributed by atoms with Crippen molar-refractivity contribution in [1.82, 2.24) is 10.2 Å². The molecule has 2 nitrogen and oxygen atoms in total. The van der Waals surface area contributed by atoms with Gasteiger partial charge in [-0.05, 0) is 51.7 Å². The van der Waals surface area contributed by atoms with Gasteiger partial charge in [-0.2, -0.15) is 0 Å². The van der Waals surface area contributed by atoms with Crippen LogP contribution in [0, 0.1) is 5.92 Å². The standard InChI is InChI=1S/C15H34N2/c1-7-15(13(4)5)16-14(6)11-10-12-17(8-2)9-3/h13-16H,7-12H2,1-6H3. The van der Waals surface area contributed by atoms with Gasteiger partial charge in [0.05, 0.1) is 0 Å². The van der Waals surface area contributed by atoms with E-state index in [4.69, 9.17) is 0 Å². The molecule has 0 rings (SSSR count). The van der Waals surface area contributed by atoms with Gasteiger partial charge in [-0.15, -0.1) is 0 Å². The van der Waals surface area contributed by atoms with E-state index in [-0.39, 0.29) is 0 Å². The second kappa shape index (κ2) is 9.90. The number of nitrogens with one attached hydrogen (secondary N) is 1. The normalized spacial score (nSPS) is 15.5. The smallest absolute Gasteiger partial charge is 0.00899 e. The second-order valence-corrected chi connectivity index (χ2v) is 5.50. The Balaban J connectivity index is 3.74. The SMILES string of the molecule is CCC(NC(C)CCCN(CC)CC)C(C)C. The van der Waals surface area contributed by atoms with Crippen LogP contribution in [-0.2, 0) is 0 Å². The largest absolute Gasteiger partial charge is 0.311 e. The molecule has 2 unspecified atom stereocenters. The quantitative estimate of drug-likeness (QED) is 0.630. The van der Waals surface area contributed by atoms with Crippen LogP contribution in [0.15, 0.2) is 0 Å². The van der Waals surface area contributed by atoms with Gasteiger partial charge in [-0.3, -0.25) is 0 Å². The molecule has 0 spiro atoms. The molecule has 17 heavy (non-hydrogen) atoms. The predicted octanol–water partition coefficient (Wildman–Crippen LogP) is 3.52. The van der Waals surface area contributed by atoms with Crippen molar-refractivity contribution >= 4 is 0 Å². The van der Waals surface area contributed by atoms with E-state index in [1.54, 1.807) is 0 Å². The molecule has 2 atom stereocenters. The van der Waals surface area contributed by atoms with Crippen molar-refractivity contribution in [3.8, 4) is 0 Å². The van der Waals surface area contributed by atoms with Crippen molar-refractivity contribution in [2.75, 3.05) is 19.6 Å². The predicted molar refractivity (Wildman–Crippen MR) is 78.5 cm³/mol. The molecule has 0 aromatic heterocycles. The van der Waals surface area contributed by atoms with Gasteiger partial charge >= 0.3 is 0 Å². The third kappa shape index (κ3) is 7.77. The molecule has 0 saturated heterocycles. The van der Waals surface area contributed by atoms with Crippen LogP contribution >= 0.6 is 0 Å². The number of hydrogen-bond acceptors (Lipinski definition) is 2. The minimum atomic E-state index is 0.651. The maximum absolute atomic E-state index is 3.76. The lowest BCUT2D eigenvalue weighted by atomic mass is 10.00.